The number of hydrogen-bond donors (Lipinski definition) is 1. The first kappa shape index (κ1) is 20.6. The molecule has 6 heteroatoms. The van der Waals surface area contributed by atoms with Gasteiger partial charge in [-0.05, 0) is 42.2 Å². The van der Waals surface area contributed by atoms with Gasteiger partial charge in [-0.3, -0.25) is 4.79 Å². The van der Waals surface area contributed by atoms with E-state index >= 15 is 0 Å². The molecule has 0 saturated carbocycles. The third-order valence-electron chi connectivity index (χ3n) is 4.11. The predicted molar refractivity (Wildman–Crippen MR) is 105 cm³/mol. The largest absolute Gasteiger partial charge is 0.452 e. The Labute approximate surface area is 163 Å². The van der Waals surface area contributed by atoms with Crippen molar-refractivity contribution in [3.8, 4) is 0 Å². The van der Waals surface area contributed by atoms with Gasteiger partial charge in [-0.25, -0.2) is 9.18 Å². The molecule has 0 radical (unpaired) electrons. The van der Waals surface area contributed by atoms with Crippen LogP contribution in [0.3, 0.4) is 0 Å². The van der Waals surface area contributed by atoms with Gasteiger partial charge in [0.25, 0.3) is 5.91 Å². The number of rotatable bonds is 7. The molecule has 0 unspecified atom stereocenters. The Bertz CT molecular complexity index is 831. The van der Waals surface area contributed by atoms with Crippen molar-refractivity contribution in [3.63, 3.8) is 0 Å². The highest BCUT2D eigenvalue weighted by Crippen LogP contribution is 2.26. The molecule has 0 aliphatic rings. The average Bonchev–Trinajstić information content (AvgIpc) is 2.66. The highest BCUT2D eigenvalue weighted by Gasteiger charge is 2.12. The quantitative estimate of drug-likeness (QED) is 0.523. The smallest absolute Gasteiger partial charge is 0.331 e. The van der Waals surface area contributed by atoms with Crippen LogP contribution in [0.4, 0.5) is 10.1 Å². The second-order valence-electron chi connectivity index (χ2n) is 6.02. The van der Waals surface area contributed by atoms with Crippen molar-refractivity contribution in [1.29, 1.82) is 0 Å². The van der Waals surface area contributed by atoms with Crippen LogP contribution in [0.1, 0.15) is 37.3 Å². The Hall–Kier alpha value is -2.66. The molecule has 0 aliphatic heterocycles. The number of amides is 1. The zero-order valence-corrected chi connectivity index (χ0v) is 15.9. The fourth-order valence-corrected chi connectivity index (χ4v) is 2.68. The average molecular weight is 390 g/mol. The van der Waals surface area contributed by atoms with Gasteiger partial charge in [-0.1, -0.05) is 49.7 Å². The maximum Gasteiger partial charge on any atom is 0.331 e. The SMILES string of the molecule is CC[C@@H](C)c1ccccc1NC(=O)COC(=O)/C=C/c1c(F)cccc1Cl. The van der Waals surface area contributed by atoms with Gasteiger partial charge >= 0.3 is 5.97 Å². The van der Waals surface area contributed by atoms with Gasteiger partial charge in [0.2, 0.25) is 0 Å². The van der Waals surface area contributed by atoms with Crippen LogP contribution in [0, 0.1) is 5.82 Å². The van der Waals surface area contributed by atoms with Crippen molar-refractivity contribution < 1.29 is 18.7 Å². The van der Waals surface area contributed by atoms with E-state index in [4.69, 9.17) is 16.3 Å². The first-order chi connectivity index (χ1) is 12.9. The van der Waals surface area contributed by atoms with E-state index in [0.29, 0.717) is 5.69 Å². The summed E-state index contributed by atoms with van der Waals surface area (Å²) in [6.07, 6.45) is 3.19. The second-order valence-corrected chi connectivity index (χ2v) is 6.43. The zero-order chi connectivity index (χ0) is 19.8. The van der Waals surface area contributed by atoms with Crippen LogP contribution >= 0.6 is 11.6 Å². The molecule has 0 fully saturated rings. The Morgan fingerprint density at radius 2 is 1.96 bits per heavy atom. The van der Waals surface area contributed by atoms with E-state index in [1.807, 2.05) is 18.2 Å². The Balaban J connectivity index is 1.92. The van der Waals surface area contributed by atoms with Crippen molar-refractivity contribution in [2.24, 2.45) is 0 Å². The van der Waals surface area contributed by atoms with Gasteiger partial charge in [0.15, 0.2) is 6.61 Å². The molecule has 0 saturated heterocycles. The summed E-state index contributed by atoms with van der Waals surface area (Å²) in [6.45, 7) is 3.70. The number of hydrogen-bond acceptors (Lipinski definition) is 3. The Morgan fingerprint density at radius 3 is 2.67 bits per heavy atom. The molecule has 2 aromatic rings. The number of para-hydroxylation sites is 1. The van der Waals surface area contributed by atoms with Crippen molar-refractivity contribution in [2.45, 2.75) is 26.2 Å². The third-order valence-corrected chi connectivity index (χ3v) is 4.44. The molecule has 142 valence electrons. The van der Waals surface area contributed by atoms with Gasteiger partial charge in [-0.15, -0.1) is 0 Å². The number of ether oxygens (including phenoxy) is 1. The molecule has 2 aromatic carbocycles. The highest BCUT2D eigenvalue weighted by atomic mass is 35.5. The molecular formula is C21H21ClFNO3. The lowest BCUT2D eigenvalue weighted by atomic mass is 9.97. The minimum absolute atomic E-state index is 0.0862. The van der Waals surface area contributed by atoms with Crippen molar-refractivity contribution in [2.75, 3.05) is 11.9 Å². The van der Waals surface area contributed by atoms with Crippen LogP contribution in [0.25, 0.3) is 6.08 Å². The van der Waals surface area contributed by atoms with Crippen LogP contribution < -0.4 is 5.32 Å². The van der Waals surface area contributed by atoms with Crippen LogP contribution in [-0.4, -0.2) is 18.5 Å². The standard InChI is InChI=1S/C21H21ClFNO3/c1-3-14(2)15-7-4-5-10-19(15)24-20(25)13-27-21(26)12-11-16-17(22)8-6-9-18(16)23/h4-12,14H,3,13H2,1-2H3,(H,24,25)/b12-11+/t14-/m1/s1. The molecule has 2 rings (SSSR count). The summed E-state index contributed by atoms with van der Waals surface area (Å²) in [5.41, 5.74) is 1.80. The molecule has 0 heterocycles. The number of carbonyl (C=O) groups excluding carboxylic acids is 2. The van der Waals surface area contributed by atoms with E-state index in [1.165, 1.54) is 24.3 Å². The molecule has 4 nitrogen and oxygen atoms in total. The van der Waals surface area contributed by atoms with Crippen molar-refractivity contribution in [1.82, 2.24) is 0 Å². The molecule has 1 N–H and O–H groups in total. The summed E-state index contributed by atoms with van der Waals surface area (Å²) in [4.78, 5) is 23.8. The fraction of sp³-hybridized carbons (Fsp3) is 0.238. The van der Waals surface area contributed by atoms with Crippen molar-refractivity contribution in [3.05, 3.63) is 70.5 Å². The van der Waals surface area contributed by atoms with Crippen LogP contribution in [-0.2, 0) is 14.3 Å². The normalized spacial score (nSPS) is 12.0. The molecule has 0 spiro atoms. The molecule has 0 aromatic heterocycles. The lowest BCUT2D eigenvalue weighted by molar-refractivity contribution is -0.142. The molecule has 1 atom stereocenters. The fourth-order valence-electron chi connectivity index (χ4n) is 2.45. The van der Waals surface area contributed by atoms with E-state index < -0.39 is 24.3 Å². The molecule has 0 aliphatic carbocycles. The number of halogens is 2. The first-order valence-electron chi connectivity index (χ1n) is 8.60. The number of anilines is 1. The van der Waals surface area contributed by atoms with E-state index in [0.717, 1.165) is 18.1 Å². The van der Waals surface area contributed by atoms with E-state index in [-0.39, 0.29) is 16.5 Å². The Morgan fingerprint density at radius 1 is 1.22 bits per heavy atom. The zero-order valence-electron chi connectivity index (χ0n) is 15.2. The van der Waals surface area contributed by atoms with Gasteiger partial charge < -0.3 is 10.1 Å². The number of carbonyl (C=O) groups is 2. The maximum absolute atomic E-state index is 13.6. The van der Waals surface area contributed by atoms with Crippen LogP contribution in [0.2, 0.25) is 5.02 Å². The monoisotopic (exact) mass is 389 g/mol. The molecule has 27 heavy (non-hydrogen) atoms. The predicted octanol–water partition coefficient (Wildman–Crippen LogP) is 5.19. The number of esters is 1. The van der Waals surface area contributed by atoms with Crippen LogP contribution in [0.5, 0.6) is 0 Å². The number of nitrogens with one attached hydrogen (secondary N) is 1. The van der Waals surface area contributed by atoms with Gasteiger partial charge in [-0.2, -0.15) is 0 Å². The molecule has 0 bridgehead atoms. The van der Waals surface area contributed by atoms with Gasteiger partial charge in [0.05, 0.1) is 5.02 Å². The summed E-state index contributed by atoms with van der Waals surface area (Å²) >= 11 is 5.88. The van der Waals surface area contributed by atoms with Gasteiger partial charge in [0.1, 0.15) is 5.82 Å². The van der Waals surface area contributed by atoms with Crippen molar-refractivity contribution >= 4 is 35.2 Å². The topological polar surface area (TPSA) is 55.4 Å². The van der Waals surface area contributed by atoms with E-state index in [9.17, 15) is 14.0 Å². The highest BCUT2D eigenvalue weighted by molar-refractivity contribution is 6.32. The summed E-state index contributed by atoms with van der Waals surface area (Å²) in [6, 6.07) is 11.7. The summed E-state index contributed by atoms with van der Waals surface area (Å²) in [5, 5.41) is 2.93. The second kappa shape index (κ2) is 9.88. The minimum atomic E-state index is -0.764. The van der Waals surface area contributed by atoms with E-state index in [1.54, 1.807) is 6.07 Å². The summed E-state index contributed by atoms with van der Waals surface area (Å²) in [7, 11) is 0. The molecular weight excluding hydrogens is 369 g/mol. The molecule has 1 amide bonds. The third kappa shape index (κ3) is 5.93. The lowest BCUT2D eigenvalue weighted by Crippen LogP contribution is -2.21. The Kier molecular flexibility index (Phi) is 7.55. The minimum Gasteiger partial charge on any atom is -0.452 e. The summed E-state index contributed by atoms with van der Waals surface area (Å²) < 4.78 is 18.5. The lowest BCUT2D eigenvalue weighted by Gasteiger charge is -2.15. The van der Waals surface area contributed by atoms with E-state index in [2.05, 4.69) is 19.2 Å². The summed E-state index contributed by atoms with van der Waals surface area (Å²) in [5.74, 6) is -1.47. The van der Waals surface area contributed by atoms with Gasteiger partial charge in [0, 0.05) is 17.3 Å². The number of benzene rings is 2. The van der Waals surface area contributed by atoms with Crippen LogP contribution in [0.15, 0.2) is 48.5 Å². The first-order valence-corrected chi connectivity index (χ1v) is 8.97. The maximum atomic E-state index is 13.6.